The molecule has 0 fully saturated rings. The van der Waals surface area contributed by atoms with Crippen LogP contribution >= 0.6 is 11.6 Å². The van der Waals surface area contributed by atoms with E-state index in [1.54, 1.807) is 24.4 Å². The van der Waals surface area contributed by atoms with Gasteiger partial charge in [-0.3, -0.25) is 14.9 Å². The van der Waals surface area contributed by atoms with Crippen LogP contribution in [0.5, 0.6) is 5.88 Å². The van der Waals surface area contributed by atoms with E-state index in [1.165, 1.54) is 6.92 Å². The smallest absolute Gasteiger partial charge is 0.309 e. The van der Waals surface area contributed by atoms with Crippen molar-refractivity contribution in [3.8, 4) is 17.3 Å². The van der Waals surface area contributed by atoms with Crippen molar-refractivity contribution in [3.63, 3.8) is 0 Å². The Morgan fingerprint density at radius 1 is 1.56 bits per heavy atom. The molecule has 0 unspecified atom stereocenters. The molecule has 0 saturated heterocycles. The van der Waals surface area contributed by atoms with Crippen LogP contribution in [-0.2, 0) is 4.79 Å². The van der Waals surface area contributed by atoms with Gasteiger partial charge in [-0.1, -0.05) is 11.6 Å². The SMILES string of the molecule is CC(=O)Oc1cc(-c2ncccc2Cl)[nH]n1. The molecule has 0 aromatic carbocycles. The summed E-state index contributed by atoms with van der Waals surface area (Å²) in [5, 5.41) is 7.00. The van der Waals surface area contributed by atoms with Gasteiger partial charge in [0.25, 0.3) is 0 Å². The minimum absolute atomic E-state index is 0.198. The quantitative estimate of drug-likeness (QED) is 0.812. The molecular weight excluding hydrogens is 230 g/mol. The van der Waals surface area contributed by atoms with E-state index in [0.29, 0.717) is 16.4 Å². The topological polar surface area (TPSA) is 67.9 Å². The zero-order chi connectivity index (χ0) is 11.5. The van der Waals surface area contributed by atoms with Crippen molar-refractivity contribution in [2.75, 3.05) is 0 Å². The van der Waals surface area contributed by atoms with Gasteiger partial charge >= 0.3 is 5.97 Å². The molecule has 5 nitrogen and oxygen atoms in total. The summed E-state index contributed by atoms with van der Waals surface area (Å²) >= 11 is 5.96. The number of nitrogens with zero attached hydrogens (tertiary/aromatic N) is 2. The third-order valence-electron chi connectivity index (χ3n) is 1.82. The average molecular weight is 238 g/mol. The van der Waals surface area contributed by atoms with Crippen molar-refractivity contribution in [2.45, 2.75) is 6.92 Å². The average Bonchev–Trinajstić information content (AvgIpc) is 2.66. The number of halogens is 1. The maximum Gasteiger partial charge on any atom is 0.309 e. The minimum atomic E-state index is -0.426. The largest absolute Gasteiger partial charge is 0.406 e. The van der Waals surface area contributed by atoms with E-state index in [9.17, 15) is 4.79 Å². The first-order valence-electron chi connectivity index (χ1n) is 4.51. The van der Waals surface area contributed by atoms with Crippen LogP contribution < -0.4 is 4.74 Å². The molecule has 0 aliphatic carbocycles. The monoisotopic (exact) mass is 237 g/mol. The number of ether oxygens (including phenoxy) is 1. The molecule has 0 atom stereocenters. The number of aromatic amines is 1. The lowest BCUT2D eigenvalue weighted by Crippen LogP contribution is -2.01. The second kappa shape index (κ2) is 4.32. The first kappa shape index (κ1) is 10.6. The second-order valence-electron chi connectivity index (χ2n) is 3.05. The van der Waals surface area contributed by atoms with E-state index in [0.717, 1.165) is 0 Å². The number of rotatable bonds is 2. The van der Waals surface area contributed by atoms with Gasteiger partial charge in [0, 0.05) is 19.2 Å². The summed E-state index contributed by atoms with van der Waals surface area (Å²) in [6, 6.07) is 5.01. The molecule has 6 heteroatoms. The molecule has 82 valence electrons. The first-order valence-corrected chi connectivity index (χ1v) is 4.89. The Kier molecular flexibility index (Phi) is 2.87. The fraction of sp³-hybridized carbons (Fsp3) is 0.100. The number of aromatic nitrogens is 3. The summed E-state index contributed by atoms with van der Waals surface area (Å²) in [6.07, 6.45) is 1.62. The summed E-state index contributed by atoms with van der Waals surface area (Å²) in [5.74, 6) is -0.227. The fourth-order valence-electron chi connectivity index (χ4n) is 1.21. The molecule has 2 heterocycles. The molecule has 0 radical (unpaired) electrons. The number of carbonyl (C=O) groups is 1. The predicted molar refractivity (Wildman–Crippen MR) is 58.1 cm³/mol. The van der Waals surface area contributed by atoms with Gasteiger partial charge in [-0.25, -0.2) is 0 Å². The van der Waals surface area contributed by atoms with Gasteiger partial charge < -0.3 is 4.74 Å². The van der Waals surface area contributed by atoms with Crippen molar-refractivity contribution >= 4 is 17.6 Å². The van der Waals surface area contributed by atoms with Crippen LogP contribution in [0.25, 0.3) is 11.4 Å². The Balaban J connectivity index is 2.32. The maximum atomic E-state index is 10.7. The van der Waals surface area contributed by atoms with Gasteiger partial charge in [0.15, 0.2) is 0 Å². The molecule has 0 spiro atoms. The standard InChI is InChI=1S/C10H8ClN3O2/c1-6(15)16-9-5-8(13-14-9)10-7(11)3-2-4-12-10/h2-5H,1H3,(H,13,14). The van der Waals surface area contributed by atoms with Crippen LogP contribution in [-0.4, -0.2) is 21.2 Å². The number of H-pyrrole nitrogens is 1. The molecule has 2 aromatic heterocycles. The summed E-state index contributed by atoms with van der Waals surface area (Å²) < 4.78 is 4.80. The zero-order valence-electron chi connectivity index (χ0n) is 8.40. The number of esters is 1. The Labute approximate surface area is 96.4 Å². The molecule has 0 aliphatic heterocycles. The molecule has 1 N–H and O–H groups in total. The van der Waals surface area contributed by atoms with E-state index in [2.05, 4.69) is 15.2 Å². The fourth-order valence-corrected chi connectivity index (χ4v) is 1.43. The van der Waals surface area contributed by atoms with Gasteiger partial charge in [0.2, 0.25) is 5.88 Å². The lowest BCUT2D eigenvalue weighted by molar-refractivity contribution is -0.132. The Hall–Kier alpha value is -1.88. The second-order valence-corrected chi connectivity index (χ2v) is 3.45. The highest BCUT2D eigenvalue weighted by atomic mass is 35.5. The van der Waals surface area contributed by atoms with Crippen LogP contribution in [0.3, 0.4) is 0 Å². The highest BCUT2D eigenvalue weighted by molar-refractivity contribution is 6.32. The molecule has 2 aromatic rings. The van der Waals surface area contributed by atoms with Crippen molar-refractivity contribution in [1.29, 1.82) is 0 Å². The molecule has 0 bridgehead atoms. The van der Waals surface area contributed by atoms with Crippen molar-refractivity contribution < 1.29 is 9.53 Å². The molecule has 16 heavy (non-hydrogen) atoms. The highest BCUT2D eigenvalue weighted by Gasteiger charge is 2.09. The maximum absolute atomic E-state index is 10.7. The molecule has 0 amide bonds. The predicted octanol–water partition coefficient (Wildman–Crippen LogP) is 2.05. The highest BCUT2D eigenvalue weighted by Crippen LogP contribution is 2.25. The first-order chi connectivity index (χ1) is 7.66. The number of pyridine rings is 1. The van der Waals surface area contributed by atoms with Gasteiger partial charge in [-0.2, -0.15) is 0 Å². The molecular formula is C10H8ClN3O2. The summed E-state index contributed by atoms with van der Waals surface area (Å²) in [7, 11) is 0. The number of nitrogens with one attached hydrogen (secondary N) is 1. The van der Waals surface area contributed by atoms with E-state index < -0.39 is 5.97 Å². The minimum Gasteiger partial charge on any atom is -0.406 e. The van der Waals surface area contributed by atoms with E-state index in [1.807, 2.05) is 0 Å². The number of hydrogen-bond donors (Lipinski definition) is 1. The lowest BCUT2D eigenvalue weighted by Gasteiger charge is -1.97. The third kappa shape index (κ3) is 2.20. The molecule has 2 rings (SSSR count). The number of carbonyl (C=O) groups excluding carboxylic acids is 1. The van der Waals surface area contributed by atoms with Crippen LogP contribution in [0.2, 0.25) is 5.02 Å². The number of hydrogen-bond acceptors (Lipinski definition) is 4. The van der Waals surface area contributed by atoms with Crippen molar-refractivity contribution in [2.24, 2.45) is 0 Å². The summed E-state index contributed by atoms with van der Waals surface area (Å²) in [5.41, 5.74) is 1.16. The normalized spacial score (nSPS) is 10.1. The molecule has 0 saturated carbocycles. The van der Waals surface area contributed by atoms with Crippen LogP contribution in [0, 0.1) is 0 Å². The molecule has 0 aliphatic rings. The van der Waals surface area contributed by atoms with Gasteiger partial charge in [0.1, 0.15) is 5.69 Å². The summed E-state index contributed by atoms with van der Waals surface area (Å²) in [6.45, 7) is 1.31. The van der Waals surface area contributed by atoms with Gasteiger partial charge in [-0.15, -0.1) is 5.10 Å². The Bertz CT molecular complexity index is 524. The van der Waals surface area contributed by atoms with E-state index in [-0.39, 0.29) is 5.88 Å². The van der Waals surface area contributed by atoms with Crippen LogP contribution in [0.4, 0.5) is 0 Å². The van der Waals surface area contributed by atoms with Crippen molar-refractivity contribution in [1.82, 2.24) is 15.2 Å². The summed E-state index contributed by atoms with van der Waals surface area (Å²) in [4.78, 5) is 14.8. The Morgan fingerprint density at radius 2 is 2.38 bits per heavy atom. The third-order valence-corrected chi connectivity index (χ3v) is 2.12. The van der Waals surface area contributed by atoms with Crippen LogP contribution in [0.1, 0.15) is 6.92 Å². The zero-order valence-corrected chi connectivity index (χ0v) is 9.15. The van der Waals surface area contributed by atoms with Crippen molar-refractivity contribution in [3.05, 3.63) is 29.4 Å². The van der Waals surface area contributed by atoms with E-state index >= 15 is 0 Å². The van der Waals surface area contributed by atoms with Gasteiger partial charge in [-0.05, 0) is 12.1 Å². The van der Waals surface area contributed by atoms with Crippen LogP contribution in [0.15, 0.2) is 24.4 Å². The van der Waals surface area contributed by atoms with E-state index in [4.69, 9.17) is 16.3 Å². The van der Waals surface area contributed by atoms with Gasteiger partial charge in [0.05, 0.1) is 10.7 Å². The Morgan fingerprint density at radius 3 is 3.06 bits per heavy atom. The lowest BCUT2D eigenvalue weighted by atomic mass is 10.3.